The van der Waals surface area contributed by atoms with Crippen molar-refractivity contribution < 1.29 is 19.1 Å². The van der Waals surface area contributed by atoms with Crippen molar-refractivity contribution in [3.63, 3.8) is 0 Å². The van der Waals surface area contributed by atoms with Gasteiger partial charge in [0.1, 0.15) is 5.03 Å². The van der Waals surface area contributed by atoms with E-state index in [4.69, 9.17) is 27.9 Å². The number of hydrogen-bond acceptors (Lipinski definition) is 4. The van der Waals surface area contributed by atoms with Gasteiger partial charge in [-0.1, -0.05) is 42.3 Å². The first-order valence-electron chi connectivity index (χ1n) is 8.25. The molecular weight excluding hydrogens is 389 g/mol. The van der Waals surface area contributed by atoms with Gasteiger partial charge in [-0.2, -0.15) is 0 Å². The molecule has 5 nitrogen and oxygen atoms in total. The highest BCUT2D eigenvalue weighted by Gasteiger charge is 2.39. The zero-order chi connectivity index (χ0) is 19.6. The van der Waals surface area contributed by atoms with E-state index in [1.165, 1.54) is 24.3 Å². The number of amides is 2. The highest BCUT2D eigenvalue weighted by Crippen LogP contribution is 2.35. The molecule has 1 heterocycles. The van der Waals surface area contributed by atoms with Gasteiger partial charge < -0.3 is 4.74 Å². The van der Waals surface area contributed by atoms with E-state index in [0.717, 1.165) is 11.3 Å². The summed E-state index contributed by atoms with van der Waals surface area (Å²) in [7, 11) is 0. The number of carbonyl (C=O) groups excluding carboxylic acids is 3. The van der Waals surface area contributed by atoms with E-state index in [1.807, 2.05) is 6.92 Å². The van der Waals surface area contributed by atoms with E-state index >= 15 is 0 Å². The van der Waals surface area contributed by atoms with Crippen molar-refractivity contribution in [1.29, 1.82) is 0 Å². The molecule has 0 atom stereocenters. The van der Waals surface area contributed by atoms with Crippen molar-refractivity contribution >= 4 is 52.2 Å². The first kappa shape index (κ1) is 19.1. The van der Waals surface area contributed by atoms with Crippen LogP contribution in [0.1, 0.15) is 29.3 Å². The van der Waals surface area contributed by atoms with Crippen LogP contribution in [0.4, 0.5) is 5.69 Å². The Bertz CT molecular complexity index is 933. The Morgan fingerprint density at radius 1 is 0.963 bits per heavy atom. The summed E-state index contributed by atoms with van der Waals surface area (Å²) in [6.07, 6.45) is 0.720. The lowest BCUT2D eigenvalue weighted by Gasteiger charge is -2.15. The van der Waals surface area contributed by atoms with Crippen LogP contribution in [0.25, 0.3) is 5.57 Å². The van der Waals surface area contributed by atoms with Crippen LogP contribution < -0.4 is 4.90 Å². The Labute approximate surface area is 166 Å². The number of hydrogen-bond donors (Lipinski definition) is 0. The number of halogens is 2. The molecule has 0 radical (unpaired) electrons. The molecule has 2 aromatic carbocycles. The van der Waals surface area contributed by atoms with Crippen molar-refractivity contribution in [2.45, 2.75) is 13.3 Å². The average molecular weight is 404 g/mol. The molecule has 0 unspecified atom stereocenters. The highest BCUT2D eigenvalue weighted by molar-refractivity contribution is 6.60. The molecule has 1 aliphatic rings. The number of anilines is 1. The third-order valence-electron chi connectivity index (χ3n) is 3.96. The lowest BCUT2D eigenvalue weighted by atomic mass is 10.1. The molecule has 0 spiro atoms. The lowest BCUT2D eigenvalue weighted by Crippen LogP contribution is -2.31. The SMILES string of the molecule is CCCOC(=O)c1ccc(N2C(=O)C(Cl)=C(c3ccc(Cl)cc3)C2=O)cc1. The van der Waals surface area contributed by atoms with Crippen LogP contribution >= 0.6 is 23.2 Å². The van der Waals surface area contributed by atoms with Crippen LogP contribution in [0, 0.1) is 0 Å². The van der Waals surface area contributed by atoms with Crippen LogP contribution in [-0.4, -0.2) is 24.4 Å². The van der Waals surface area contributed by atoms with Crippen LogP contribution in [0.5, 0.6) is 0 Å². The summed E-state index contributed by atoms with van der Waals surface area (Å²) in [5, 5.41) is 0.350. The molecule has 0 aliphatic carbocycles. The van der Waals surface area contributed by atoms with Crippen molar-refractivity contribution in [1.82, 2.24) is 0 Å². The monoisotopic (exact) mass is 403 g/mol. The van der Waals surface area contributed by atoms with Gasteiger partial charge in [0.25, 0.3) is 11.8 Å². The maximum Gasteiger partial charge on any atom is 0.338 e. The van der Waals surface area contributed by atoms with Crippen LogP contribution in [0.15, 0.2) is 53.6 Å². The maximum atomic E-state index is 12.8. The fourth-order valence-electron chi connectivity index (χ4n) is 2.63. The summed E-state index contributed by atoms with van der Waals surface area (Å²) in [5.74, 6) is -1.61. The molecule has 2 amide bonds. The molecule has 0 saturated carbocycles. The fourth-order valence-corrected chi connectivity index (χ4v) is 3.03. The van der Waals surface area contributed by atoms with Gasteiger partial charge >= 0.3 is 5.97 Å². The van der Waals surface area contributed by atoms with Gasteiger partial charge in [-0.05, 0) is 48.4 Å². The van der Waals surface area contributed by atoms with Gasteiger partial charge in [0.2, 0.25) is 0 Å². The quantitative estimate of drug-likeness (QED) is 0.547. The highest BCUT2D eigenvalue weighted by atomic mass is 35.5. The van der Waals surface area contributed by atoms with Gasteiger partial charge in [-0.25, -0.2) is 9.69 Å². The summed E-state index contributed by atoms with van der Waals surface area (Å²) in [5.41, 5.74) is 1.28. The summed E-state index contributed by atoms with van der Waals surface area (Å²) in [4.78, 5) is 38.2. The van der Waals surface area contributed by atoms with Crippen molar-refractivity contribution in [2.24, 2.45) is 0 Å². The molecule has 0 aromatic heterocycles. The summed E-state index contributed by atoms with van der Waals surface area (Å²) >= 11 is 12.0. The predicted molar refractivity (Wildman–Crippen MR) is 104 cm³/mol. The molecule has 1 aliphatic heterocycles. The molecule has 138 valence electrons. The first-order valence-corrected chi connectivity index (χ1v) is 9.01. The third kappa shape index (κ3) is 3.75. The van der Waals surface area contributed by atoms with Crippen LogP contribution in [0.2, 0.25) is 5.02 Å². The standard InChI is InChI=1S/C20H15Cl2NO4/c1-2-11-27-20(26)13-5-9-15(10-6-13)23-18(24)16(17(22)19(23)25)12-3-7-14(21)8-4-12/h3-10H,2,11H2,1H3. The number of esters is 1. The molecule has 0 bridgehead atoms. The fraction of sp³-hybridized carbons (Fsp3) is 0.150. The van der Waals surface area contributed by atoms with Crippen molar-refractivity contribution in [2.75, 3.05) is 11.5 Å². The maximum absolute atomic E-state index is 12.8. The largest absolute Gasteiger partial charge is 0.462 e. The Balaban J connectivity index is 1.86. The second-order valence-corrected chi connectivity index (χ2v) is 6.64. The summed E-state index contributed by atoms with van der Waals surface area (Å²) in [6, 6.07) is 12.5. The van der Waals surface area contributed by atoms with E-state index in [9.17, 15) is 14.4 Å². The first-order chi connectivity index (χ1) is 12.9. The van der Waals surface area contributed by atoms with Crippen LogP contribution in [-0.2, 0) is 14.3 Å². The molecular formula is C20H15Cl2NO4. The third-order valence-corrected chi connectivity index (χ3v) is 4.56. The number of rotatable bonds is 5. The van der Waals surface area contributed by atoms with Gasteiger partial charge in [-0.15, -0.1) is 0 Å². The molecule has 0 saturated heterocycles. The van der Waals surface area contributed by atoms with Gasteiger partial charge in [-0.3, -0.25) is 9.59 Å². The zero-order valence-corrected chi connectivity index (χ0v) is 15.9. The van der Waals surface area contributed by atoms with Crippen LogP contribution in [0.3, 0.4) is 0 Å². The van der Waals surface area contributed by atoms with E-state index in [1.54, 1.807) is 24.3 Å². The zero-order valence-electron chi connectivity index (χ0n) is 14.4. The van der Waals surface area contributed by atoms with Gasteiger partial charge in [0, 0.05) is 5.02 Å². The Morgan fingerprint density at radius 2 is 1.59 bits per heavy atom. The Morgan fingerprint density at radius 3 is 2.19 bits per heavy atom. The molecule has 7 heteroatoms. The number of carbonyl (C=O) groups is 3. The normalized spacial score (nSPS) is 14.1. The number of ether oxygens (including phenoxy) is 1. The Hall–Kier alpha value is -2.63. The Kier molecular flexibility index (Phi) is 5.63. The lowest BCUT2D eigenvalue weighted by molar-refractivity contribution is -0.119. The number of benzene rings is 2. The van der Waals surface area contributed by atoms with Crippen molar-refractivity contribution in [3.8, 4) is 0 Å². The van der Waals surface area contributed by atoms with E-state index in [0.29, 0.717) is 28.4 Å². The second kappa shape index (κ2) is 7.94. The van der Waals surface area contributed by atoms with E-state index in [2.05, 4.69) is 0 Å². The molecule has 27 heavy (non-hydrogen) atoms. The minimum Gasteiger partial charge on any atom is -0.462 e. The predicted octanol–water partition coefficient (Wildman–Crippen LogP) is 4.43. The molecule has 0 N–H and O–H groups in total. The molecule has 2 aromatic rings. The van der Waals surface area contributed by atoms with E-state index < -0.39 is 17.8 Å². The minimum atomic E-state index is -0.618. The smallest absolute Gasteiger partial charge is 0.338 e. The van der Waals surface area contributed by atoms with Crippen molar-refractivity contribution in [3.05, 3.63) is 69.7 Å². The summed E-state index contributed by atoms with van der Waals surface area (Å²) in [6.45, 7) is 2.23. The van der Waals surface area contributed by atoms with E-state index in [-0.39, 0.29) is 10.6 Å². The molecule has 0 fully saturated rings. The van der Waals surface area contributed by atoms with Gasteiger partial charge in [0.05, 0.1) is 23.4 Å². The molecule has 3 rings (SSSR count). The van der Waals surface area contributed by atoms with Gasteiger partial charge in [0.15, 0.2) is 0 Å². The minimum absolute atomic E-state index is 0.116. The average Bonchev–Trinajstić information content (AvgIpc) is 2.90. The topological polar surface area (TPSA) is 63.7 Å². The number of nitrogens with zero attached hydrogens (tertiary/aromatic N) is 1. The second-order valence-electron chi connectivity index (χ2n) is 5.82. The summed E-state index contributed by atoms with van der Waals surface area (Å²) < 4.78 is 5.06. The number of imide groups is 1.